The Balaban J connectivity index is 1.76. The van der Waals surface area contributed by atoms with Gasteiger partial charge >= 0.3 is 0 Å². The molecule has 1 unspecified atom stereocenters. The largest absolute Gasteiger partial charge is 0.396 e. The van der Waals surface area contributed by atoms with E-state index in [-0.39, 0.29) is 12.5 Å². The molecule has 0 aliphatic rings. The first-order valence-electron chi connectivity index (χ1n) is 6.92. The third kappa shape index (κ3) is 3.00. The molecule has 3 aromatic rings. The lowest BCUT2D eigenvalue weighted by molar-refractivity contribution is 0.277. The first-order chi connectivity index (χ1) is 10.4. The highest BCUT2D eigenvalue weighted by molar-refractivity contribution is 5.81. The van der Waals surface area contributed by atoms with Crippen LogP contribution in [0.15, 0.2) is 43.0 Å². The third-order valence-corrected chi connectivity index (χ3v) is 3.49. The number of hydrogen-bond acceptors (Lipinski definition) is 5. The van der Waals surface area contributed by atoms with Gasteiger partial charge in [0.25, 0.3) is 0 Å². The summed E-state index contributed by atoms with van der Waals surface area (Å²) in [6, 6.07) is 10.2. The maximum Gasteiger partial charge on any atom is 0.182 e. The number of fused-ring (bicyclic) bond motifs is 1. The number of aliphatic hydroxyl groups is 1. The fourth-order valence-electron chi connectivity index (χ4n) is 2.39. The van der Waals surface area contributed by atoms with Crippen LogP contribution in [0.5, 0.6) is 0 Å². The second-order valence-corrected chi connectivity index (χ2v) is 4.82. The standard InChI is InChI=1S/C15H17N5O/c21-7-6-12(11-4-2-1-3-5-11)8-16-14-13-15(18-9-17-13)20-10-19-14/h1-5,9-10,12,21H,6-8H2,(H2,16,17,18,19,20). The van der Waals surface area contributed by atoms with Crippen molar-refractivity contribution in [3.05, 3.63) is 48.5 Å². The number of aromatic amines is 1. The summed E-state index contributed by atoms with van der Waals surface area (Å²) in [4.78, 5) is 15.5. The predicted molar refractivity (Wildman–Crippen MR) is 81.1 cm³/mol. The minimum absolute atomic E-state index is 0.157. The van der Waals surface area contributed by atoms with Gasteiger partial charge in [-0.25, -0.2) is 15.0 Å². The highest BCUT2D eigenvalue weighted by atomic mass is 16.3. The highest BCUT2D eigenvalue weighted by Gasteiger charge is 2.12. The zero-order valence-corrected chi connectivity index (χ0v) is 11.5. The number of aromatic nitrogens is 4. The molecule has 0 saturated carbocycles. The number of benzene rings is 1. The summed E-state index contributed by atoms with van der Waals surface area (Å²) in [5, 5.41) is 12.6. The van der Waals surface area contributed by atoms with Gasteiger partial charge in [-0.3, -0.25) is 0 Å². The lowest BCUT2D eigenvalue weighted by atomic mass is 9.96. The van der Waals surface area contributed by atoms with Gasteiger partial charge in [0.15, 0.2) is 11.5 Å². The summed E-state index contributed by atoms with van der Waals surface area (Å²) < 4.78 is 0. The summed E-state index contributed by atoms with van der Waals surface area (Å²) in [5.74, 6) is 0.959. The van der Waals surface area contributed by atoms with Crippen LogP contribution in [0.4, 0.5) is 5.82 Å². The van der Waals surface area contributed by atoms with Crippen molar-refractivity contribution in [1.82, 2.24) is 19.9 Å². The maximum atomic E-state index is 9.26. The van der Waals surface area contributed by atoms with E-state index in [0.29, 0.717) is 18.6 Å². The minimum atomic E-state index is 0.157. The van der Waals surface area contributed by atoms with Crippen LogP contribution in [0.2, 0.25) is 0 Å². The number of aliphatic hydroxyl groups excluding tert-OH is 1. The van der Waals surface area contributed by atoms with Gasteiger partial charge in [0.2, 0.25) is 0 Å². The molecular formula is C15H17N5O. The van der Waals surface area contributed by atoms with Crippen molar-refractivity contribution < 1.29 is 5.11 Å². The van der Waals surface area contributed by atoms with E-state index in [1.54, 1.807) is 6.33 Å². The van der Waals surface area contributed by atoms with E-state index in [1.165, 1.54) is 11.9 Å². The molecule has 6 nitrogen and oxygen atoms in total. The van der Waals surface area contributed by atoms with Crippen LogP contribution in [-0.2, 0) is 0 Å². The second-order valence-electron chi connectivity index (χ2n) is 4.82. The summed E-state index contributed by atoms with van der Waals surface area (Å²) in [5.41, 5.74) is 2.65. The molecule has 0 bridgehead atoms. The average molecular weight is 283 g/mol. The third-order valence-electron chi connectivity index (χ3n) is 3.49. The maximum absolute atomic E-state index is 9.26. The van der Waals surface area contributed by atoms with E-state index in [4.69, 9.17) is 0 Å². The number of rotatable bonds is 6. The molecule has 0 radical (unpaired) electrons. The van der Waals surface area contributed by atoms with Crippen molar-refractivity contribution >= 4 is 17.0 Å². The van der Waals surface area contributed by atoms with Crippen molar-refractivity contribution in [2.24, 2.45) is 0 Å². The first kappa shape index (κ1) is 13.5. The summed E-state index contributed by atoms with van der Waals surface area (Å²) in [6.45, 7) is 0.847. The molecule has 0 aliphatic heterocycles. The molecule has 0 amide bonds. The molecule has 2 heterocycles. The molecule has 0 saturated heterocycles. The second kappa shape index (κ2) is 6.32. The fraction of sp³-hybridized carbons (Fsp3) is 0.267. The fourth-order valence-corrected chi connectivity index (χ4v) is 2.39. The van der Waals surface area contributed by atoms with Gasteiger partial charge in [-0.05, 0) is 12.0 Å². The van der Waals surface area contributed by atoms with Crippen LogP contribution >= 0.6 is 0 Å². The molecule has 1 aromatic carbocycles. The Kier molecular flexibility index (Phi) is 4.07. The Morgan fingerprint density at radius 3 is 2.81 bits per heavy atom. The van der Waals surface area contributed by atoms with E-state index < -0.39 is 0 Å². The van der Waals surface area contributed by atoms with Crippen molar-refractivity contribution in [3.63, 3.8) is 0 Å². The Hall–Kier alpha value is -2.47. The van der Waals surface area contributed by atoms with Crippen molar-refractivity contribution in [2.75, 3.05) is 18.5 Å². The van der Waals surface area contributed by atoms with Crippen LogP contribution < -0.4 is 5.32 Å². The van der Waals surface area contributed by atoms with Crippen LogP contribution in [-0.4, -0.2) is 38.2 Å². The number of nitrogens with one attached hydrogen (secondary N) is 2. The molecule has 21 heavy (non-hydrogen) atoms. The van der Waals surface area contributed by atoms with Gasteiger partial charge in [0.1, 0.15) is 11.8 Å². The Morgan fingerprint density at radius 2 is 2.00 bits per heavy atom. The molecule has 0 spiro atoms. The number of H-pyrrole nitrogens is 1. The predicted octanol–water partition coefficient (Wildman–Crippen LogP) is 1.93. The molecule has 3 N–H and O–H groups in total. The molecule has 0 fully saturated rings. The van der Waals surface area contributed by atoms with E-state index in [2.05, 4.69) is 37.4 Å². The molecular weight excluding hydrogens is 266 g/mol. The topological polar surface area (TPSA) is 86.7 Å². The Labute approximate surface area is 122 Å². The highest BCUT2D eigenvalue weighted by Crippen LogP contribution is 2.21. The number of imidazole rings is 1. The van der Waals surface area contributed by atoms with E-state index in [1.807, 2.05) is 18.2 Å². The molecule has 1 atom stereocenters. The zero-order valence-electron chi connectivity index (χ0n) is 11.5. The number of hydrogen-bond donors (Lipinski definition) is 3. The van der Waals surface area contributed by atoms with E-state index in [9.17, 15) is 5.11 Å². The normalized spacial score (nSPS) is 12.4. The van der Waals surface area contributed by atoms with Crippen molar-refractivity contribution in [1.29, 1.82) is 0 Å². The number of nitrogens with zero attached hydrogens (tertiary/aromatic N) is 3. The summed E-state index contributed by atoms with van der Waals surface area (Å²) in [6.07, 6.45) is 3.80. The Bertz CT molecular complexity index is 697. The first-order valence-corrected chi connectivity index (χ1v) is 6.92. The van der Waals surface area contributed by atoms with Crippen molar-refractivity contribution in [2.45, 2.75) is 12.3 Å². The zero-order chi connectivity index (χ0) is 14.5. The lowest BCUT2D eigenvalue weighted by Gasteiger charge is -2.17. The average Bonchev–Trinajstić information content (AvgIpc) is 3.01. The minimum Gasteiger partial charge on any atom is -0.396 e. The van der Waals surface area contributed by atoms with E-state index >= 15 is 0 Å². The lowest BCUT2D eigenvalue weighted by Crippen LogP contribution is -2.15. The van der Waals surface area contributed by atoms with Gasteiger partial charge in [0.05, 0.1) is 6.33 Å². The summed E-state index contributed by atoms with van der Waals surface area (Å²) in [7, 11) is 0. The summed E-state index contributed by atoms with van der Waals surface area (Å²) >= 11 is 0. The van der Waals surface area contributed by atoms with Gasteiger partial charge in [-0.2, -0.15) is 0 Å². The monoisotopic (exact) mass is 283 g/mol. The van der Waals surface area contributed by atoms with Crippen LogP contribution in [0.25, 0.3) is 11.2 Å². The van der Waals surface area contributed by atoms with Gasteiger partial charge in [-0.1, -0.05) is 30.3 Å². The molecule has 0 aliphatic carbocycles. The van der Waals surface area contributed by atoms with Gasteiger partial charge in [-0.15, -0.1) is 0 Å². The van der Waals surface area contributed by atoms with Crippen LogP contribution in [0.1, 0.15) is 17.9 Å². The molecule has 6 heteroatoms. The smallest absolute Gasteiger partial charge is 0.182 e. The molecule has 3 rings (SSSR count). The quantitative estimate of drug-likeness (QED) is 0.643. The number of anilines is 1. The van der Waals surface area contributed by atoms with E-state index in [0.717, 1.165) is 11.3 Å². The van der Waals surface area contributed by atoms with Gasteiger partial charge < -0.3 is 15.4 Å². The van der Waals surface area contributed by atoms with Crippen LogP contribution in [0, 0.1) is 0 Å². The Morgan fingerprint density at radius 1 is 1.14 bits per heavy atom. The SMILES string of the molecule is OCCC(CNc1ncnc2nc[nH]c12)c1ccccc1. The van der Waals surface area contributed by atoms with Crippen molar-refractivity contribution in [3.8, 4) is 0 Å². The van der Waals surface area contributed by atoms with Crippen LogP contribution in [0.3, 0.4) is 0 Å². The molecule has 2 aromatic heterocycles. The molecule has 108 valence electrons. The van der Waals surface area contributed by atoms with Gasteiger partial charge in [0, 0.05) is 19.1 Å².